The van der Waals surface area contributed by atoms with Gasteiger partial charge in [0.1, 0.15) is 5.82 Å². The standard InChI is InChI=1S/C18H20FNO3S/c1-14(21)16-9-6-10-17(13-16)24(22,23)20-12-5-4-8-15-7-2-3-11-18(15)19/h2-3,6-7,9-11,13,20H,4-5,8,12H2,1H3. The maximum absolute atomic E-state index is 13.5. The number of sulfonamides is 1. The lowest BCUT2D eigenvalue weighted by Gasteiger charge is -2.08. The van der Waals surface area contributed by atoms with Gasteiger partial charge in [-0.1, -0.05) is 30.3 Å². The molecule has 0 fully saturated rings. The van der Waals surface area contributed by atoms with E-state index in [0.717, 1.165) is 0 Å². The van der Waals surface area contributed by atoms with Crippen LogP contribution in [0.4, 0.5) is 4.39 Å². The van der Waals surface area contributed by atoms with Crippen molar-refractivity contribution in [2.75, 3.05) is 6.54 Å². The maximum atomic E-state index is 13.5. The molecule has 2 aromatic carbocycles. The lowest BCUT2D eigenvalue weighted by molar-refractivity contribution is 0.101. The molecule has 0 saturated carbocycles. The molecular weight excluding hydrogens is 329 g/mol. The maximum Gasteiger partial charge on any atom is 0.240 e. The topological polar surface area (TPSA) is 63.2 Å². The van der Waals surface area contributed by atoms with Crippen molar-refractivity contribution in [3.63, 3.8) is 0 Å². The summed E-state index contributed by atoms with van der Waals surface area (Å²) < 4.78 is 40.4. The fraction of sp³-hybridized carbons (Fsp3) is 0.278. The third kappa shape index (κ3) is 4.97. The summed E-state index contributed by atoms with van der Waals surface area (Å²) in [7, 11) is -3.65. The van der Waals surface area contributed by atoms with Crippen LogP contribution in [0.25, 0.3) is 0 Å². The van der Waals surface area contributed by atoms with Gasteiger partial charge in [0.05, 0.1) is 4.90 Å². The summed E-state index contributed by atoms with van der Waals surface area (Å²) in [5, 5.41) is 0. The molecule has 0 unspecified atom stereocenters. The highest BCUT2D eigenvalue weighted by Crippen LogP contribution is 2.13. The van der Waals surface area contributed by atoms with Gasteiger partial charge in [-0.25, -0.2) is 17.5 Å². The SMILES string of the molecule is CC(=O)c1cccc(S(=O)(=O)NCCCCc2ccccc2F)c1. The fourth-order valence-corrected chi connectivity index (χ4v) is 3.43. The van der Waals surface area contributed by atoms with Crippen LogP contribution in [0.2, 0.25) is 0 Å². The Kier molecular flexibility index (Phi) is 6.23. The Morgan fingerprint density at radius 3 is 2.54 bits per heavy atom. The van der Waals surface area contributed by atoms with Gasteiger partial charge in [0.15, 0.2) is 5.78 Å². The lowest BCUT2D eigenvalue weighted by Crippen LogP contribution is -2.25. The van der Waals surface area contributed by atoms with E-state index in [-0.39, 0.29) is 23.0 Å². The first-order valence-corrected chi connectivity index (χ1v) is 9.22. The van der Waals surface area contributed by atoms with Gasteiger partial charge < -0.3 is 0 Å². The van der Waals surface area contributed by atoms with Gasteiger partial charge in [-0.3, -0.25) is 4.79 Å². The van der Waals surface area contributed by atoms with Crippen LogP contribution >= 0.6 is 0 Å². The minimum Gasteiger partial charge on any atom is -0.295 e. The van der Waals surface area contributed by atoms with Crippen molar-refractivity contribution in [1.29, 1.82) is 0 Å². The number of carbonyl (C=O) groups excluding carboxylic acids is 1. The highest BCUT2D eigenvalue weighted by molar-refractivity contribution is 7.89. The molecule has 0 spiro atoms. The number of nitrogens with one attached hydrogen (secondary N) is 1. The molecule has 128 valence electrons. The van der Waals surface area contributed by atoms with Crippen LogP contribution in [0.5, 0.6) is 0 Å². The number of hydrogen-bond acceptors (Lipinski definition) is 3. The number of rotatable bonds is 8. The predicted octanol–water partition coefficient (Wildman–Crippen LogP) is 3.33. The summed E-state index contributed by atoms with van der Waals surface area (Å²) in [6, 6.07) is 12.5. The van der Waals surface area contributed by atoms with Gasteiger partial charge in [-0.05, 0) is 49.9 Å². The van der Waals surface area contributed by atoms with E-state index in [0.29, 0.717) is 30.4 Å². The second-order valence-corrected chi connectivity index (χ2v) is 7.30. The van der Waals surface area contributed by atoms with Crippen molar-refractivity contribution in [3.05, 3.63) is 65.5 Å². The Balaban J connectivity index is 1.86. The Morgan fingerprint density at radius 1 is 1.08 bits per heavy atom. The van der Waals surface area contributed by atoms with Crippen molar-refractivity contribution in [2.45, 2.75) is 31.1 Å². The van der Waals surface area contributed by atoms with E-state index >= 15 is 0 Å². The lowest BCUT2D eigenvalue weighted by atomic mass is 10.1. The minimum atomic E-state index is -3.65. The highest BCUT2D eigenvalue weighted by Gasteiger charge is 2.14. The Hall–Kier alpha value is -2.05. The van der Waals surface area contributed by atoms with Crippen LogP contribution in [-0.4, -0.2) is 20.7 Å². The Bertz CT molecular complexity index is 819. The largest absolute Gasteiger partial charge is 0.295 e. The first-order valence-electron chi connectivity index (χ1n) is 7.74. The van der Waals surface area contributed by atoms with Crippen LogP contribution < -0.4 is 4.72 Å². The molecule has 0 aliphatic heterocycles. The summed E-state index contributed by atoms with van der Waals surface area (Å²) in [5.74, 6) is -0.420. The van der Waals surface area contributed by atoms with Crippen molar-refractivity contribution >= 4 is 15.8 Å². The van der Waals surface area contributed by atoms with Gasteiger partial charge in [0.2, 0.25) is 10.0 Å². The molecule has 0 saturated heterocycles. The van der Waals surface area contributed by atoms with E-state index in [2.05, 4.69) is 4.72 Å². The molecule has 0 aliphatic rings. The minimum absolute atomic E-state index is 0.0734. The van der Waals surface area contributed by atoms with E-state index in [4.69, 9.17) is 0 Å². The summed E-state index contributed by atoms with van der Waals surface area (Å²) >= 11 is 0. The number of hydrogen-bond donors (Lipinski definition) is 1. The summed E-state index contributed by atoms with van der Waals surface area (Å²) in [4.78, 5) is 11.4. The molecule has 24 heavy (non-hydrogen) atoms. The molecular formula is C18H20FNO3S. The number of aryl methyl sites for hydroxylation is 1. The zero-order chi connectivity index (χ0) is 17.6. The number of Topliss-reactive ketones (excluding diaryl/α,β-unsaturated/α-hetero) is 1. The average Bonchev–Trinajstić information content (AvgIpc) is 2.56. The molecule has 1 N–H and O–H groups in total. The van der Waals surface area contributed by atoms with Crippen molar-refractivity contribution in [3.8, 4) is 0 Å². The Morgan fingerprint density at radius 2 is 1.83 bits per heavy atom. The zero-order valence-electron chi connectivity index (χ0n) is 13.5. The highest BCUT2D eigenvalue weighted by atomic mass is 32.2. The van der Waals surface area contributed by atoms with E-state index in [1.54, 1.807) is 30.3 Å². The molecule has 0 amide bonds. The second-order valence-electron chi connectivity index (χ2n) is 5.53. The average molecular weight is 349 g/mol. The van der Waals surface area contributed by atoms with E-state index in [9.17, 15) is 17.6 Å². The number of halogens is 1. The molecule has 0 bridgehead atoms. The van der Waals surface area contributed by atoms with Crippen LogP contribution in [0.15, 0.2) is 53.4 Å². The second kappa shape index (κ2) is 8.17. The van der Waals surface area contributed by atoms with E-state index in [1.807, 2.05) is 0 Å². The first-order chi connectivity index (χ1) is 11.4. The Labute approximate surface area is 141 Å². The first kappa shape index (κ1) is 18.3. The van der Waals surface area contributed by atoms with E-state index < -0.39 is 10.0 Å². The molecule has 0 atom stereocenters. The fourth-order valence-electron chi connectivity index (χ4n) is 2.31. The number of unbranched alkanes of at least 4 members (excludes halogenated alkanes) is 1. The summed E-state index contributed by atoms with van der Waals surface area (Å²) in [5.41, 5.74) is 0.993. The molecule has 2 rings (SSSR count). The normalized spacial score (nSPS) is 11.4. The smallest absolute Gasteiger partial charge is 0.240 e. The molecule has 0 aromatic heterocycles. The zero-order valence-corrected chi connectivity index (χ0v) is 14.3. The molecule has 0 radical (unpaired) electrons. The van der Waals surface area contributed by atoms with Crippen LogP contribution in [0.1, 0.15) is 35.7 Å². The molecule has 2 aromatic rings. The third-order valence-corrected chi connectivity index (χ3v) is 5.13. The van der Waals surface area contributed by atoms with Gasteiger partial charge >= 0.3 is 0 Å². The molecule has 6 heteroatoms. The molecule has 0 heterocycles. The quantitative estimate of drug-likeness (QED) is 0.587. The monoisotopic (exact) mass is 349 g/mol. The van der Waals surface area contributed by atoms with Gasteiger partial charge in [0.25, 0.3) is 0 Å². The van der Waals surface area contributed by atoms with Crippen molar-refractivity contribution in [1.82, 2.24) is 4.72 Å². The summed E-state index contributed by atoms with van der Waals surface area (Å²) in [6.07, 6.45) is 1.84. The van der Waals surface area contributed by atoms with Gasteiger partial charge in [0, 0.05) is 12.1 Å². The third-order valence-electron chi connectivity index (χ3n) is 3.67. The predicted molar refractivity (Wildman–Crippen MR) is 91.0 cm³/mol. The van der Waals surface area contributed by atoms with Crippen LogP contribution in [0, 0.1) is 5.82 Å². The van der Waals surface area contributed by atoms with Crippen LogP contribution in [0.3, 0.4) is 0 Å². The van der Waals surface area contributed by atoms with Crippen molar-refractivity contribution in [2.24, 2.45) is 0 Å². The number of carbonyl (C=O) groups is 1. The molecule has 0 aliphatic carbocycles. The van der Waals surface area contributed by atoms with Gasteiger partial charge in [-0.15, -0.1) is 0 Å². The number of ketones is 1. The number of benzene rings is 2. The van der Waals surface area contributed by atoms with Crippen LogP contribution in [-0.2, 0) is 16.4 Å². The summed E-state index contributed by atoms with van der Waals surface area (Å²) in [6.45, 7) is 1.66. The molecule has 4 nitrogen and oxygen atoms in total. The van der Waals surface area contributed by atoms with E-state index in [1.165, 1.54) is 25.1 Å². The van der Waals surface area contributed by atoms with Gasteiger partial charge in [-0.2, -0.15) is 0 Å². The van der Waals surface area contributed by atoms with Crippen molar-refractivity contribution < 1.29 is 17.6 Å².